The molecule has 0 saturated heterocycles. The molecule has 0 aromatic carbocycles. The second-order valence-corrected chi connectivity index (χ2v) is 6.20. The van der Waals surface area contributed by atoms with Crippen molar-refractivity contribution in [3.8, 4) is 0 Å². The molecule has 1 aliphatic rings. The predicted octanol–water partition coefficient (Wildman–Crippen LogP) is 3.38. The molecular weight excluding hydrogens is 248 g/mol. The predicted molar refractivity (Wildman–Crippen MR) is 70.9 cm³/mol. The van der Waals surface area contributed by atoms with Crippen LogP contribution in [0, 0.1) is 12.3 Å². The van der Waals surface area contributed by atoms with Gasteiger partial charge in [0.25, 0.3) is 0 Å². The van der Waals surface area contributed by atoms with Crippen molar-refractivity contribution in [1.29, 1.82) is 0 Å². The van der Waals surface area contributed by atoms with E-state index in [2.05, 4.69) is 29.0 Å². The molecule has 1 aliphatic carbocycles. The van der Waals surface area contributed by atoms with E-state index < -0.39 is 0 Å². The second-order valence-electron chi connectivity index (χ2n) is 5.81. The molecule has 0 spiro atoms. The summed E-state index contributed by atoms with van der Waals surface area (Å²) in [6, 6.07) is 1.77. The van der Waals surface area contributed by atoms with Crippen LogP contribution in [0.2, 0.25) is 5.15 Å². The monoisotopic (exact) mass is 264 g/mol. The van der Waals surface area contributed by atoms with Crippen LogP contribution in [0.3, 0.4) is 0 Å². The van der Waals surface area contributed by atoms with Gasteiger partial charge in [0.15, 0.2) is 5.65 Å². The van der Waals surface area contributed by atoms with E-state index in [4.69, 9.17) is 11.6 Å². The number of aromatic nitrogens is 4. The van der Waals surface area contributed by atoms with E-state index in [-0.39, 0.29) is 5.41 Å². The van der Waals surface area contributed by atoms with Gasteiger partial charge in [-0.2, -0.15) is 0 Å². The zero-order valence-electron chi connectivity index (χ0n) is 10.9. The van der Waals surface area contributed by atoms with Crippen LogP contribution in [0.4, 0.5) is 0 Å². The van der Waals surface area contributed by atoms with Crippen LogP contribution in [-0.4, -0.2) is 19.6 Å². The van der Waals surface area contributed by atoms with Gasteiger partial charge in [-0.15, -0.1) is 10.2 Å². The standard InChI is InChI=1S/C13H17ClN4/c1-8-15-10(14)7-11-16-17-12(18(8)11)9-5-4-6-13(9,2)3/h7,9H,4-6H2,1-3H3. The third-order valence-electron chi connectivity index (χ3n) is 4.12. The molecule has 0 radical (unpaired) electrons. The van der Waals surface area contributed by atoms with E-state index in [1.54, 1.807) is 6.07 Å². The first-order valence-electron chi connectivity index (χ1n) is 6.37. The zero-order valence-corrected chi connectivity index (χ0v) is 11.7. The average molecular weight is 265 g/mol. The molecule has 0 aliphatic heterocycles. The Hall–Kier alpha value is -1.16. The Morgan fingerprint density at radius 3 is 2.83 bits per heavy atom. The number of fused-ring (bicyclic) bond motifs is 1. The molecule has 18 heavy (non-hydrogen) atoms. The van der Waals surface area contributed by atoms with Crippen molar-refractivity contribution in [2.75, 3.05) is 0 Å². The van der Waals surface area contributed by atoms with Gasteiger partial charge >= 0.3 is 0 Å². The Labute approximate surface area is 111 Å². The Morgan fingerprint density at radius 1 is 1.39 bits per heavy atom. The molecule has 1 fully saturated rings. The summed E-state index contributed by atoms with van der Waals surface area (Å²) in [6.07, 6.45) is 3.68. The number of aryl methyl sites for hydroxylation is 1. The van der Waals surface area contributed by atoms with E-state index in [0.29, 0.717) is 11.1 Å². The fourth-order valence-corrected chi connectivity index (χ4v) is 3.33. The first kappa shape index (κ1) is 11.9. The van der Waals surface area contributed by atoms with Crippen molar-refractivity contribution in [3.05, 3.63) is 22.9 Å². The number of hydrogen-bond acceptors (Lipinski definition) is 3. The Balaban J connectivity index is 2.19. The first-order valence-corrected chi connectivity index (χ1v) is 6.75. The lowest BCUT2D eigenvalue weighted by atomic mass is 9.81. The average Bonchev–Trinajstić information content (AvgIpc) is 2.80. The summed E-state index contributed by atoms with van der Waals surface area (Å²) in [4.78, 5) is 4.30. The summed E-state index contributed by atoms with van der Waals surface area (Å²) < 4.78 is 2.05. The molecule has 0 N–H and O–H groups in total. The van der Waals surface area contributed by atoms with Crippen LogP contribution in [0.1, 0.15) is 50.7 Å². The lowest BCUT2D eigenvalue weighted by Crippen LogP contribution is -2.18. The first-order chi connectivity index (χ1) is 8.49. The third-order valence-corrected chi connectivity index (χ3v) is 4.32. The van der Waals surface area contributed by atoms with Gasteiger partial charge < -0.3 is 0 Å². The highest BCUT2D eigenvalue weighted by Gasteiger charge is 2.38. The molecule has 1 unspecified atom stereocenters. The molecule has 1 saturated carbocycles. The zero-order chi connectivity index (χ0) is 12.9. The summed E-state index contributed by atoms with van der Waals surface area (Å²) in [7, 11) is 0. The smallest absolute Gasteiger partial charge is 0.165 e. The molecule has 2 aromatic heterocycles. The maximum atomic E-state index is 5.96. The molecule has 5 heteroatoms. The molecule has 2 heterocycles. The fourth-order valence-electron chi connectivity index (χ4n) is 3.11. The quantitative estimate of drug-likeness (QED) is 0.742. The van der Waals surface area contributed by atoms with E-state index in [1.165, 1.54) is 19.3 Å². The lowest BCUT2D eigenvalue weighted by molar-refractivity contribution is 0.320. The molecule has 2 aromatic rings. The SMILES string of the molecule is Cc1nc(Cl)cc2nnc(C3CCCC3(C)C)n12. The van der Waals surface area contributed by atoms with Gasteiger partial charge in [-0.25, -0.2) is 4.98 Å². The van der Waals surface area contributed by atoms with Crippen LogP contribution in [0.5, 0.6) is 0 Å². The van der Waals surface area contributed by atoms with Gasteiger partial charge in [0, 0.05) is 12.0 Å². The topological polar surface area (TPSA) is 43.1 Å². The molecular formula is C13H17ClN4. The Morgan fingerprint density at radius 2 is 2.17 bits per heavy atom. The van der Waals surface area contributed by atoms with Crippen LogP contribution < -0.4 is 0 Å². The highest BCUT2D eigenvalue weighted by Crippen LogP contribution is 2.48. The van der Waals surface area contributed by atoms with Gasteiger partial charge in [-0.05, 0) is 25.2 Å². The summed E-state index contributed by atoms with van der Waals surface area (Å²) >= 11 is 5.96. The van der Waals surface area contributed by atoms with Crippen molar-refractivity contribution in [2.45, 2.75) is 46.0 Å². The lowest BCUT2D eigenvalue weighted by Gasteiger charge is -2.25. The van der Waals surface area contributed by atoms with Crippen molar-refractivity contribution in [1.82, 2.24) is 19.6 Å². The van der Waals surface area contributed by atoms with E-state index in [9.17, 15) is 0 Å². The highest BCUT2D eigenvalue weighted by atomic mass is 35.5. The number of hydrogen-bond donors (Lipinski definition) is 0. The van der Waals surface area contributed by atoms with Gasteiger partial charge in [0.05, 0.1) is 0 Å². The number of rotatable bonds is 1. The minimum absolute atomic E-state index is 0.287. The van der Waals surface area contributed by atoms with Gasteiger partial charge in [-0.1, -0.05) is 31.9 Å². The van der Waals surface area contributed by atoms with E-state index >= 15 is 0 Å². The van der Waals surface area contributed by atoms with E-state index in [0.717, 1.165) is 17.3 Å². The molecule has 3 rings (SSSR count). The van der Waals surface area contributed by atoms with Crippen molar-refractivity contribution >= 4 is 17.2 Å². The molecule has 1 atom stereocenters. The summed E-state index contributed by atoms with van der Waals surface area (Å²) in [5.74, 6) is 2.35. The van der Waals surface area contributed by atoms with Crippen molar-refractivity contribution < 1.29 is 0 Å². The van der Waals surface area contributed by atoms with Crippen LogP contribution in [0.25, 0.3) is 5.65 Å². The van der Waals surface area contributed by atoms with Gasteiger partial charge in [-0.3, -0.25) is 4.40 Å². The molecule has 0 amide bonds. The van der Waals surface area contributed by atoms with Crippen molar-refractivity contribution in [3.63, 3.8) is 0 Å². The minimum Gasteiger partial charge on any atom is -0.266 e. The van der Waals surface area contributed by atoms with Crippen LogP contribution >= 0.6 is 11.6 Å². The summed E-state index contributed by atoms with van der Waals surface area (Å²) in [5, 5.41) is 9.10. The molecule has 96 valence electrons. The molecule has 0 bridgehead atoms. The number of halogens is 1. The van der Waals surface area contributed by atoms with Crippen LogP contribution in [-0.2, 0) is 0 Å². The maximum absolute atomic E-state index is 5.96. The maximum Gasteiger partial charge on any atom is 0.165 e. The third kappa shape index (κ3) is 1.70. The fraction of sp³-hybridized carbons (Fsp3) is 0.615. The van der Waals surface area contributed by atoms with Gasteiger partial charge in [0.2, 0.25) is 0 Å². The largest absolute Gasteiger partial charge is 0.266 e. The van der Waals surface area contributed by atoms with Crippen LogP contribution in [0.15, 0.2) is 6.07 Å². The summed E-state index contributed by atoms with van der Waals surface area (Å²) in [6.45, 7) is 6.57. The van der Waals surface area contributed by atoms with E-state index in [1.807, 2.05) is 11.3 Å². The van der Waals surface area contributed by atoms with Gasteiger partial charge in [0.1, 0.15) is 16.8 Å². The Kier molecular flexibility index (Phi) is 2.59. The van der Waals surface area contributed by atoms with Crippen molar-refractivity contribution in [2.24, 2.45) is 5.41 Å². The minimum atomic E-state index is 0.287. The normalized spacial score (nSPS) is 22.8. The Bertz CT molecular complexity index is 602. The second kappa shape index (κ2) is 3.92. The molecule has 4 nitrogen and oxygen atoms in total. The number of nitrogens with zero attached hydrogens (tertiary/aromatic N) is 4. The highest BCUT2D eigenvalue weighted by molar-refractivity contribution is 6.29. The summed E-state index contributed by atoms with van der Waals surface area (Å²) in [5.41, 5.74) is 1.08.